The number of nitrogens with one attached hydrogen (secondary N) is 1. The lowest BCUT2D eigenvalue weighted by Gasteiger charge is -2.19. The molecule has 0 aliphatic rings. The Morgan fingerprint density at radius 3 is 2.87 bits per heavy atom. The van der Waals surface area contributed by atoms with Crippen molar-refractivity contribution in [3.63, 3.8) is 0 Å². The molecule has 0 radical (unpaired) electrons. The molecule has 0 spiro atoms. The summed E-state index contributed by atoms with van der Waals surface area (Å²) in [7, 11) is 1.82. The summed E-state index contributed by atoms with van der Waals surface area (Å²) in [6, 6.07) is 7.71. The van der Waals surface area contributed by atoms with E-state index in [0.717, 1.165) is 5.56 Å². The molecule has 0 bridgehead atoms. The van der Waals surface area contributed by atoms with Crippen LogP contribution in [-0.2, 0) is 18.3 Å². The highest BCUT2D eigenvalue weighted by molar-refractivity contribution is 7.07. The molecule has 118 valence electrons. The molecule has 1 atom stereocenters. The number of nitrogens with zero attached hydrogens (tertiary/aromatic N) is 2. The molecular formula is C17H16FN3OS. The molecule has 23 heavy (non-hydrogen) atoms. The fraction of sp³-hybridized carbons (Fsp3) is 0.176. The number of benzene rings is 1. The molecule has 3 aromatic rings. The summed E-state index contributed by atoms with van der Waals surface area (Å²) in [4.78, 5) is 16.6. The van der Waals surface area contributed by atoms with Gasteiger partial charge in [-0.2, -0.15) is 11.3 Å². The number of imidazole rings is 1. The summed E-state index contributed by atoms with van der Waals surface area (Å²) in [6.07, 6.45) is 3.67. The zero-order chi connectivity index (χ0) is 16.2. The van der Waals surface area contributed by atoms with Gasteiger partial charge in [-0.1, -0.05) is 18.2 Å². The van der Waals surface area contributed by atoms with Crippen molar-refractivity contribution in [3.8, 4) is 0 Å². The van der Waals surface area contributed by atoms with Crippen molar-refractivity contribution >= 4 is 17.2 Å². The largest absolute Gasteiger partial charge is 0.342 e. The first-order valence-corrected chi connectivity index (χ1v) is 8.11. The number of amides is 1. The van der Waals surface area contributed by atoms with Crippen molar-refractivity contribution in [1.29, 1.82) is 0 Å². The summed E-state index contributed by atoms with van der Waals surface area (Å²) in [6.45, 7) is 0. The quantitative estimate of drug-likeness (QED) is 0.782. The Bertz CT molecular complexity index is 798. The first kappa shape index (κ1) is 15.4. The lowest BCUT2D eigenvalue weighted by atomic mass is 10.0. The van der Waals surface area contributed by atoms with Crippen molar-refractivity contribution in [3.05, 3.63) is 76.3 Å². The Morgan fingerprint density at radius 1 is 1.39 bits per heavy atom. The molecule has 3 rings (SSSR count). The molecule has 2 heterocycles. The SMILES string of the molecule is Cn1ccnc1[C@H](NC(=O)Cc1ccsc1)c1ccccc1F. The first-order chi connectivity index (χ1) is 11.1. The Labute approximate surface area is 137 Å². The van der Waals surface area contributed by atoms with Crippen LogP contribution in [0.3, 0.4) is 0 Å². The molecule has 0 unspecified atom stereocenters. The van der Waals surface area contributed by atoms with E-state index in [4.69, 9.17) is 0 Å². The van der Waals surface area contributed by atoms with Gasteiger partial charge in [-0.25, -0.2) is 9.37 Å². The molecular weight excluding hydrogens is 313 g/mol. The average molecular weight is 329 g/mol. The zero-order valence-corrected chi connectivity index (χ0v) is 13.4. The van der Waals surface area contributed by atoms with E-state index in [1.54, 1.807) is 46.5 Å². The van der Waals surface area contributed by atoms with Crippen LogP contribution in [0.15, 0.2) is 53.5 Å². The van der Waals surface area contributed by atoms with Crippen LogP contribution in [0.1, 0.15) is 23.0 Å². The summed E-state index contributed by atoms with van der Waals surface area (Å²) in [5.41, 5.74) is 1.35. The smallest absolute Gasteiger partial charge is 0.225 e. The van der Waals surface area contributed by atoms with Crippen LogP contribution >= 0.6 is 11.3 Å². The summed E-state index contributed by atoms with van der Waals surface area (Å²) in [5, 5.41) is 6.75. The van der Waals surface area contributed by atoms with Crippen LogP contribution in [0.25, 0.3) is 0 Å². The van der Waals surface area contributed by atoms with E-state index in [1.165, 1.54) is 6.07 Å². The molecule has 0 fully saturated rings. The molecule has 0 saturated carbocycles. The predicted molar refractivity (Wildman–Crippen MR) is 87.6 cm³/mol. The Morgan fingerprint density at radius 2 is 2.22 bits per heavy atom. The normalized spacial score (nSPS) is 12.1. The monoisotopic (exact) mass is 329 g/mol. The van der Waals surface area contributed by atoms with Crippen LogP contribution < -0.4 is 5.32 Å². The van der Waals surface area contributed by atoms with E-state index in [0.29, 0.717) is 11.4 Å². The van der Waals surface area contributed by atoms with Gasteiger partial charge >= 0.3 is 0 Å². The number of carbonyl (C=O) groups is 1. The van der Waals surface area contributed by atoms with Crippen LogP contribution in [-0.4, -0.2) is 15.5 Å². The highest BCUT2D eigenvalue weighted by Crippen LogP contribution is 2.23. The zero-order valence-electron chi connectivity index (χ0n) is 12.6. The molecule has 1 N–H and O–H groups in total. The van der Waals surface area contributed by atoms with Crippen molar-refractivity contribution < 1.29 is 9.18 Å². The lowest BCUT2D eigenvalue weighted by molar-refractivity contribution is -0.121. The number of aryl methyl sites for hydroxylation is 1. The van der Waals surface area contributed by atoms with E-state index in [1.807, 2.05) is 23.9 Å². The van der Waals surface area contributed by atoms with Gasteiger partial charge in [0.1, 0.15) is 17.7 Å². The Kier molecular flexibility index (Phi) is 4.52. The minimum Gasteiger partial charge on any atom is -0.342 e. The van der Waals surface area contributed by atoms with Gasteiger partial charge in [0, 0.05) is 25.0 Å². The van der Waals surface area contributed by atoms with Gasteiger partial charge in [0.05, 0.1) is 6.42 Å². The first-order valence-electron chi connectivity index (χ1n) is 7.17. The van der Waals surface area contributed by atoms with E-state index in [-0.39, 0.29) is 18.1 Å². The third-order valence-electron chi connectivity index (χ3n) is 3.58. The van der Waals surface area contributed by atoms with Gasteiger partial charge in [0.15, 0.2) is 0 Å². The summed E-state index contributed by atoms with van der Waals surface area (Å²) < 4.78 is 16.0. The van der Waals surface area contributed by atoms with Crippen LogP contribution in [0.2, 0.25) is 0 Å². The summed E-state index contributed by atoms with van der Waals surface area (Å²) >= 11 is 1.54. The average Bonchev–Trinajstić information content (AvgIpc) is 3.17. The van der Waals surface area contributed by atoms with Crippen molar-refractivity contribution in [2.45, 2.75) is 12.5 Å². The number of hydrogen-bond acceptors (Lipinski definition) is 3. The van der Waals surface area contributed by atoms with Gasteiger partial charge in [-0.05, 0) is 28.5 Å². The van der Waals surface area contributed by atoms with Crippen LogP contribution in [0, 0.1) is 5.82 Å². The number of aromatic nitrogens is 2. The summed E-state index contributed by atoms with van der Waals surface area (Å²) in [5.74, 6) is 0.0600. The van der Waals surface area contributed by atoms with Crippen LogP contribution in [0.5, 0.6) is 0 Å². The van der Waals surface area contributed by atoms with Gasteiger partial charge < -0.3 is 9.88 Å². The number of thiophene rings is 1. The topological polar surface area (TPSA) is 46.9 Å². The van der Waals surface area contributed by atoms with Gasteiger partial charge in [0.25, 0.3) is 0 Å². The molecule has 4 nitrogen and oxygen atoms in total. The fourth-order valence-corrected chi connectivity index (χ4v) is 3.11. The number of halogens is 1. The minimum atomic E-state index is -0.623. The fourth-order valence-electron chi connectivity index (χ4n) is 2.44. The van der Waals surface area contributed by atoms with Crippen molar-refractivity contribution in [2.75, 3.05) is 0 Å². The molecule has 0 saturated heterocycles. The number of hydrogen-bond donors (Lipinski definition) is 1. The third-order valence-corrected chi connectivity index (χ3v) is 4.32. The molecule has 0 aliphatic carbocycles. The second kappa shape index (κ2) is 6.75. The predicted octanol–water partition coefficient (Wildman–Crippen LogP) is 3.07. The maximum absolute atomic E-state index is 14.2. The van der Waals surface area contributed by atoms with E-state index >= 15 is 0 Å². The molecule has 6 heteroatoms. The third kappa shape index (κ3) is 3.48. The van der Waals surface area contributed by atoms with Crippen LogP contribution in [0.4, 0.5) is 4.39 Å². The maximum Gasteiger partial charge on any atom is 0.225 e. The van der Waals surface area contributed by atoms with Gasteiger partial charge in [0.2, 0.25) is 5.91 Å². The molecule has 1 amide bonds. The highest BCUT2D eigenvalue weighted by atomic mass is 32.1. The Hall–Kier alpha value is -2.47. The maximum atomic E-state index is 14.2. The standard InChI is InChI=1S/C17H16FN3OS/c1-21-8-7-19-17(21)16(13-4-2-3-5-14(13)18)20-15(22)10-12-6-9-23-11-12/h2-9,11,16H,10H2,1H3,(H,20,22)/t16-/m1/s1. The highest BCUT2D eigenvalue weighted by Gasteiger charge is 2.23. The molecule has 1 aromatic carbocycles. The van der Waals surface area contributed by atoms with Crippen molar-refractivity contribution in [2.24, 2.45) is 7.05 Å². The minimum absolute atomic E-state index is 0.167. The number of rotatable bonds is 5. The second-order valence-corrected chi connectivity index (χ2v) is 6.01. The molecule has 2 aromatic heterocycles. The Balaban J connectivity index is 1.88. The van der Waals surface area contributed by atoms with Crippen molar-refractivity contribution in [1.82, 2.24) is 14.9 Å². The van der Waals surface area contributed by atoms with Gasteiger partial charge in [-0.15, -0.1) is 0 Å². The second-order valence-electron chi connectivity index (χ2n) is 5.23. The molecule has 0 aliphatic heterocycles. The number of carbonyl (C=O) groups excluding carboxylic acids is 1. The van der Waals surface area contributed by atoms with E-state index in [2.05, 4.69) is 10.3 Å². The van der Waals surface area contributed by atoms with E-state index < -0.39 is 6.04 Å². The van der Waals surface area contributed by atoms with Gasteiger partial charge in [-0.3, -0.25) is 4.79 Å². The van der Waals surface area contributed by atoms with E-state index in [9.17, 15) is 9.18 Å². The lowest BCUT2D eigenvalue weighted by Crippen LogP contribution is -2.32.